The molecule has 1 atom stereocenters. The summed E-state index contributed by atoms with van der Waals surface area (Å²) in [5.41, 5.74) is 0.122. The normalized spacial score (nSPS) is 22.8. The zero-order chi connectivity index (χ0) is 14.2. The molecule has 2 heterocycles. The van der Waals surface area contributed by atoms with Gasteiger partial charge in [-0.25, -0.2) is 0 Å². The predicted molar refractivity (Wildman–Crippen MR) is 69.1 cm³/mol. The van der Waals surface area contributed by atoms with Gasteiger partial charge in [-0.05, 0) is 31.9 Å². The van der Waals surface area contributed by atoms with Crippen LogP contribution < -0.4 is 0 Å². The third kappa shape index (κ3) is 2.37. The lowest BCUT2D eigenvalue weighted by atomic mass is 9.90. The molecule has 1 aliphatic heterocycles. The summed E-state index contributed by atoms with van der Waals surface area (Å²) in [6.07, 6.45) is 1.22. The highest BCUT2D eigenvalue weighted by Crippen LogP contribution is 2.31. The topological polar surface area (TPSA) is 70.8 Å². The summed E-state index contributed by atoms with van der Waals surface area (Å²) in [5, 5.41) is 9.17. The standard InChI is InChI=1S/C14H19NO4/c1-4-10-9(2)7-11(19-10)12(16)15-6-5-14(3,8-15)13(17)18/h7H,4-6,8H2,1-3H3,(H,17,18). The van der Waals surface area contributed by atoms with Gasteiger partial charge in [0.25, 0.3) is 5.91 Å². The van der Waals surface area contributed by atoms with Crippen molar-refractivity contribution in [1.29, 1.82) is 0 Å². The molecule has 0 aromatic carbocycles. The van der Waals surface area contributed by atoms with Crippen molar-refractivity contribution < 1.29 is 19.1 Å². The number of hydrogen-bond acceptors (Lipinski definition) is 3. The van der Waals surface area contributed by atoms with E-state index in [4.69, 9.17) is 9.52 Å². The number of carboxylic acid groups (broad SMARTS) is 1. The Morgan fingerprint density at radius 1 is 1.53 bits per heavy atom. The number of carbonyl (C=O) groups excluding carboxylic acids is 1. The van der Waals surface area contributed by atoms with Gasteiger partial charge in [0, 0.05) is 19.5 Å². The van der Waals surface area contributed by atoms with Crippen LogP contribution in [-0.4, -0.2) is 35.0 Å². The second kappa shape index (κ2) is 4.72. The van der Waals surface area contributed by atoms with Gasteiger partial charge in [-0.15, -0.1) is 0 Å². The molecule has 5 nitrogen and oxygen atoms in total. The van der Waals surface area contributed by atoms with Crippen LogP contribution in [0.15, 0.2) is 10.5 Å². The van der Waals surface area contributed by atoms with Crippen molar-refractivity contribution in [2.75, 3.05) is 13.1 Å². The maximum atomic E-state index is 12.3. The van der Waals surface area contributed by atoms with Crippen LogP contribution in [0.4, 0.5) is 0 Å². The summed E-state index contributed by atoms with van der Waals surface area (Å²) in [4.78, 5) is 25.0. The van der Waals surface area contributed by atoms with Crippen LogP contribution in [0.5, 0.6) is 0 Å². The average Bonchev–Trinajstić information content (AvgIpc) is 2.93. The Kier molecular flexibility index (Phi) is 3.39. The first-order valence-electron chi connectivity index (χ1n) is 6.49. The third-order valence-electron chi connectivity index (χ3n) is 3.83. The maximum Gasteiger partial charge on any atom is 0.311 e. The van der Waals surface area contributed by atoms with E-state index >= 15 is 0 Å². The molecule has 1 N–H and O–H groups in total. The minimum Gasteiger partial charge on any atom is -0.481 e. The van der Waals surface area contributed by atoms with Crippen LogP contribution >= 0.6 is 0 Å². The number of amides is 1. The summed E-state index contributed by atoms with van der Waals surface area (Å²) < 4.78 is 5.53. The molecule has 0 spiro atoms. The van der Waals surface area contributed by atoms with Crippen molar-refractivity contribution in [3.05, 3.63) is 23.2 Å². The smallest absolute Gasteiger partial charge is 0.311 e. The Bertz CT molecular complexity index is 520. The molecule has 1 aromatic heterocycles. The molecule has 1 amide bonds. The molecule has 1 fully saturated rings. The number of rotatable bonds is 3. The van der Waals surface area contributed by atoms with E-state index in [0.717, 1.165) is 17.7 Å². The van der Waals surface area contributed by atoms with Crippen molar-refractivity contribution in [3.63, 3.8) is 0 Å². The summed E-state index contributed by atoms with van der Waals surface area (Å²) in [6.45, 7) is 6.25. The molecule has 1 unspecified atom stereocenters. The average molecular weight is 265 g/mol. The van der Waals surface area contributed by atoms with Gasteiger partial charge in [-0.2, -0.15) is 0 Å². The first kappa shape index (κ1) is 13.6. The van der Waals surface area contributed by atoms with Gasteiger partial charge < -0.3 is 14.4 Å². The number of carboxylic acids is 1. The van der Waals surface area contributed by atoms with E-state index in [-0.39, 0.29) is 12.5 Å². The van der Waals surface area contributed by atoms with Gasteiger partial charge in [-0.3, -0.25) is 9.59 Å². The van der Waals surface area contributed by atoms with E-state index in [1.165, 1.54) is 0 Å². The minimum absolute atomic E-state index is 0.215. The lowest BCUT2D eigenvalue weighted by Crippen LogP contribution is -2.34. The molecular formula is C14H19NO4. The van der Waals surface area contributed by atoms with E-state index < -0.39 is 11.4 Å². The Hall–Kier alpha value is -1.78. The van der Waals surface area contributed by atoms with Gasteiger partial charge in [0.05, 0.1) is 5.41 Å². The molecule has 2 rings (SSSR count). The van der Waals surface area contributed by atoms with Crippen molar-refractivity contribution in [1.82, 2.24) is 4.90 Å². The van der Waals surface area contributed by atoms with Crippen LogP contribution in [0.1, 0.15) is 42.1 Å². The van der Waals surface area contributed by atoms with Crippen LogP contribution in [0.3, 0.4) is 0 Å². The molecule has 0 radical (unpaired) electrons. The number of aliphatic carboxylic acids is 1. The molecule has 1 saturated heterocycles. The van der Waals surface area contributed by atoms with Gasteiger partial charge in [0.1, 0.15) is 5.76 Å². The molecule has 0 aliphatic carbocycles. The highest BCUT2D eigenvalue weighted by molar-refractivity contribution is 5.92. The number of hydrogen-bond donors (Lipinski definition) is 1. The Labute approximate surface area is 112 Å². The number of likely N-dealkylation sites (tertiary alicyclic amines) is 1. The highest BCUT2D eigenvalue weighted by Gasteiger charge is 2.42. The van der Waals surface area contributed by atoms with Crippen molar-refractivity contribution in [2.24, 2.45) is 5.41 Å². The molecule has 0 saturated carbocycles. The summed E-state index contributed by atoms with van der Waals surface area (Å²) in [6, 6.07) is 1.73. The second-order valence-corrected chi connectivity index (χ2v) is 5.41. The minimum atomic E-state index is -0.854. The fourth-order valence-electron chi connectivity index (χ4n) is 2.44. The van der Waals surface area contributed by atoms with Gasteiger partial charge in [0.2, 0.25) is 0 Å². The third-order valence-corrected chi connectivity index (χ3v) is 3.83. The molecule has 104 valence electrons. The van der Waals surface area contributed by atoms with Crippen molar-refractivity contribution in [2.45, 2.75) is 33.6 Å². The summed E-state index contributed by atoms with van der Waals surface area (Å²) in [5.74, 6) is 0.0491. The Morgan fingerprint density at radius 3 is 2.68 bits per heavy atom. The van der Waals surface area contributed by atoms with Crippen molar-refractivity contribution in [3.8, 4) is 0 Å². The number of carbonyl (C=O) groups is 2. The largest absolute Gasteiger partial charge is 0.481 e. The number of nitrogens with zero attached hydrogens (tertiary/aromatic N) is 1. The quantitative estimate of drug-likeness (QED) is 0.908. The second-order valence-electron chi connectivity index (χ2n) is 5.41. The lowest BCUT2D eigenvalue weighted by molar-refractivity contribution is -0.147. The first-order chi connectivity index (χ1) is 8.87. The van der Waals surface area contributed by atoms with Gasteiger partial charge in [0.15, 0.2) is 5.76 Å². The van der Waals surface area contributed by atoms with E-state index in [2.05, 4.69) is 0 Å². The van der Waals surface area contributed by atoms with E-state index in [1.54, 1.807) is 17.9 Å². The van der Waals surface area contributed by atoms with Crippen molar-refractivity contribution >= 4 is 11.9 Å². The summed E-state index contributed by atoms with van der Waals surface area (Å²) >= 11 is 0. The highest BCUT2D eigenvalue weighted by atomic mass is 16.4. The first-order valence-corrected chi connectivity index (χ1v) is 6.49. The molecule has 0 bridgehead atoms. The molecule has 1 aliphatic rings. The van der Waals surface area contributed by atoms with Crippen LogP contribution in [0, 0.1) is 12.3 Å². The maximum absolute atomic E-state index is 12.3. The zero-order valence-corrected chi connectivity index (χ0v) is 11.5. The molecule has 19 heavy (non-hydrogen) atoms. The predicted octanol–water partition coefficient (Wildman–Crippen LogP) is 2.09. The van der Waals surface area contributed by atoms with Crippen LogP contribution in [-0.2, 0) is 11.2 Å². The summed E-state index contributed by atoms with van der Waals surface area (Å²) in [7, 11) is 0. The Balaban J connectivity index is 2.15. The fraction of sp³-hybridized carbons (Fsp3) is 0.571. The van der Waals surface area contributed by atoms with E-state index in [1.807, 2.05) is 13.8 Å². The fourth-order valence-corrected chi connectivity index (χ4v) is 2.44. The Morgan fingerprint density at radius 2 is 2.21 bits per heavy atom. The molecule has 5 heteroatoms. The van der Waals surface area contributed by atoms with E-state index in [9.17, 15) is 9.59 Å². The number of aryl methyl sites for hydroxylation is 2. The number of furan rings is 1. The molecular weight excluding hydrogens is 246 g/mol. The van der Waals surface area contributed by atoms with Gasteiger partial charge in [-0.1, -0.05) is 6.92 Å². The molecule has 1 aromatic rings. The monoisotopic (exact) mass is 265 g/mol. The van der Waals surface area contributed by atoms with Crippen LogP contribution in [0.25, 0.3) is 0 Å². The van der Waals surface area contributed by atoms with E-state index in [0.29, 0.717) is 18.7 Å². The lowest BCUT2D eigenvalue weighted by Gasteiger charge is -2.19. The SMILES string of the molecule is CCc1oc(C(=O)N2CCC(C)(C(=O)O)C2)cc1C. The van der Waals surface area contributed by atoms with Gasteiger partial charge >= 0.3 is 5.97 Å². The zero-order valence-electron chi connectivity index (χ0n) is 11.5. The van der Waals surface area contributed by atoms with Crippen LogP contribution in [0.2, 0.25) is 0 Å².